The molecule has 0 saturated heterocycles. The number of carbonyl (C=O) groups excluding carboxylic acids is 2. The molecule has 0 bridgehead atoms. The lowest BCUT2D eigenvalue weighted by molar-refractivity contribution is 0.0846. The average molecular weight is 472 g/mol. The smallest absolute Gasteiger partial charge is 0.267 e. The molecule has 5 rings (SSSR count). The Morgan fingerprint density at radius 3 is 2.18 bits per heavy atom. The van der Waals surface area contributed by atoms with Gasteiger partial charge in [-0.2, -0.15) is 0 Å². The van der Waals surface area contributed by atoms with Gasteiger partial charge >= 0.3 is 0 Å². The van der Waals surface area contributed by atoms with Crippen LogP contribution in [0.25, 0.3) is 10.8 Å². The lowest BCUT2D eigenvalue weighted by atomic mass is 10.1. The molecular formula is C26H21N3O4S. The van der Waals surface area contributed by atoms with Crippen LogP contribution in [0.3, 0.4) is 0 Å². The van der Waals surface area contributed by atoms with E-state index < -0.39 is 21.8 Å². The first kappa shape index (κ1) is 21.7. The fourth-order valence-electron chi connectivity index (χ4n) is 4.07. The van der Waals surface area contributed by atoms with Crippen LogP contribution >= 0.6 is 0 Å². The van der Waals surface area contributed by atoms with Crippen LogP contribution in [0.1, 0.15) is 26.3 Å². The second kappa shape index (κ2) is 8.64. The summed E-state index contributed by atoms with van der Waals surface area (Å²) in [5, 5.41) is 1.91. The van der Waals surface area contributed by atoms with E-state index in [1.165, 1.54) is 28.6 Å². The monoisotopic (exact) mass is 471 g/mol. The van der Waals surface area contributed by atoms with Gasteiger partial charge in [-0.3, -0.25) is 24.7 Å². The van der Waals surface area contributed by atoms with Crippen LogP contribution in [0.15, 0.2) is 95.9 Å². The van der Waals surface area contributed by atoms with Gasteiger partial charge in [0.2, 0.25) is 0 Å². The first-order valence-electron chi connectivity index (χ1n) is 10.7. The number of benzene rings is 4. The highest BCUT2D eigenvalue weighted by atomic mass is 32.2. The van der Waals surface area contributed by atoms with Crippen LogP contribution < -0.4 is 15.2 Å². The van der Waals surface area contributed by atoms with Gasteiger partial charge in [0.15, 0.2) is 0 Å². The summed E-state index contributed by atoms with van der Waals surface area (Å²) in [6.45, 7) is 0.347. The Morgan fingerprint density at radius 1 is 0.706 bits per heavy atom. The van der Waals surface area contributed by atoms with Crippen molar-refractivity contribution in [3.63, 3.8) is 0 Å². The number of nitrogens with one attached hydrogen (secondary N) is 2. The van der Waals surface area contributed by atoms with Gasteiger partial charge in [0.05, 0.1) is 10.6 Å². The van der Waals surface area contributed by atoms with E-state index in [1.54, 1.807) is 24.3 Å². The van der Waals surface area contributed by atoms with E-state index in [9.17, 15) is 18.0 Å². The molecule has 34 heavy (non-hydrogen) atoms. The number of amides is 2. The molecule has 0 unspecified atom stereocenters. The third-order valence-corrected chi connectivity index (χ3v) is 7.64. The van der Waals surface area contributed by atoms with E-state index in [-0.39, 0.29) is 10.5 Å². The number of hydrogen-bond acceptors (Lipinski definition) is 4. The second-order valence-electron chi connectivity index (χ2n) is 7.95. The van der Waals surface area contributed by atoms with E-state index >= 15 is 0 Å². The Kier molecular flexibility index (Phi) is 5.51. The maximum absolute atomic E-state index is 13.3. The first-order valence-corrected chi connectivity index (χ1v) is 12.2. The molecular weight excluding hydrogens is 450 g/mol. The van der Waals surface area contributed by atoms with Crippen LogP contribution in [0.2, 0.25) is 0 Å². The van der Waals surface area contributed by atoms with Crippen molar-refractivity contribution in [1.82, 2.24) is 10.9 Å². The summed E-state index contributed by atoms with van der Waals surface area (Å²) in [4.78, 5) is 25.2. The minimum atomic E-state index is -3.84. The van der Waals surface area contributed by atoms with Gasteiger partial charge in [0, 0.05) is 17.7 Å². The number of anilines is 1. The van der Waals surface area contributed by atoms with Crippen LogP contribution in [0, 0.1) is 0 Å². The summed E-state index contributed by atoms with van der Waals surface area (Å²) in [7, 11) is -3.84. The van der Waals surface area contributed by atoms with Gasteiger partial charge in [-0.15, -0.1) is 0 Å². The van der Waals surface area contributed by atoms with E-state index in [1.807, 2.05) is 42.5 Å². The summed E-state index contributed by atoms with van der Waals surface area (Å²) in [6, 6.07) is 26.0. The van der Waals surface area contributed by atoms with Crippen LogP contribution in [-0.2, 0) is 16.4 Å². The number of sulfonamides is 1. The third kappa shape index (κ3) is 3.99. The van der Waals surface area contributed by atoms with Crippen molar-refractivity contribution in [3.8, 4) is 0 Å². The predicted molar refractivity (Wildman–Crippen MR) is 130 cm³/mol. The van der Waals surface area contributed by atoms with E-state index in [4.69, 9.17) is 0 Å². The highest BCUT2D eigenvalue weighted by molar-refractivity contribution is 7.92. The maximum atomic E-state index is 13.3. The van der Waals surface area contributed by atoms with Crippen molar-refractivity contribution in [3.05, 3.63) is 108 Å². The second-order valence-corrected chi connectivity index (χ2v) is 9.82. The molecule has 0 saturated carbocycles. The summed E-state index contributed by atoms with van der Waals surface area (Å²) in [5.41, 5.74) is 6.88. The maximum Gasteiger partial charge on any atom is 0.269 e. The molecule has 4 aromatic rings. The molecule has 1 aliphatic heterocycles. The van der Waals surface area contributed by atoms with Crippen LogP contribution in [0.5, 0.6) is 0 Å². The van der Waals surface area contributed by atoms with Crippen LogP contribution in [0.4, 0.5) is 5.69 Å². The van der Waals surface area contributed by atoms with Gasteiger partial charge < -0.3 is 0 Å². The number of carbonyl (C=O) groups is 2. The minimum absolute atomic E-state index is 0.0118. The highest BCUT2D eigenvalue weighted by Crippen LogP contribution is 2.32. The predicted octanol–water partition coefficient (Wildman–Crippen LogP) is 3.67. The normalized spacial score (nSPS) is 12.9. The molecule has 0 spiro atoms. The molecule has 170 valence electrons. The number of hydrazine groups is 1. The zero-order valence-electron chi connectivity index (χ0n) is 18.1. The number of para-hydroxylation sites is 1. The molecule has 7 nitrogen and oxygen atoms in total. The zero-order chi connectivity index (χ0) is 23.7. The van der Waals surface area contributed by atoms with E-state index in [2.05, 4.69) is 10.9 Å². The summed E-state index contributed by atoms with van der Waals surface area (Å²) >= 11 is 0. The minimum Gasteiger partial charge on any atom is -0.267 e. The Hall–Kier alpha value is -4.17. The molecule has 2 amide bonds. The number of hydrogen-bond donors (Lipinski definition) is 2. The number of rotatable bonds is 4. The zero-order valence-corrected chi connectivity index (χ0v) is 18.9. The Labute approximate surface area is 197 Å². The largest absolute Gasteiger partial charge is 0.269 e. The molecule has 0 aromatic heterocycles. The van der Waals surface area contributed by atoms with Gasteiger partial charge in [0.1, 0.15) is 0 Å². The van der Waals surface area contributed by atoms with Crippen molar-refractivity contribution < 1.29 is 18.0 Å². The lowest BCUT2D eigenvalue weighted by Crippen LogP contribution is -2.41. The molecule has 0 radical (unpaired) electrons. The molecule has 2 N–H and O–H groups in total. The van der Waals surface area contributed by atoms with Crippen molar-refractivity contribution in [2.75, 3.05) is 10.8 Å². The van der Waals surface area contributed by atoms with Gasteiger partial charge in [-0.1, -0.05) is 54.6 Å². The average Bonchev–Trinajstić information content (AvgIpc) is 3.32. The summed E-state index contributed by atoms with van der Waals surface area (Å²) < 4.78 is 27.9. The fraction of sp³-hybridized carbons (Fsp3) is 0.0769. The molecule has 1 heterocycles. The summed E-state index contributed by atoms with van der Waals surface area (Å²) in [6.07, 6.45) is 0.635. The van der Waals surface area contributed by atoms with Crippen LogP contribution in [-0.4, -0.2) is 26.8 Å². The van der Waals surface area contributed by atoms with Gasteiger partial charge in [-0.25, -0.2) is 8.42 Å². The standard InChI is InChI=1S/C26H21N3O4S/c30-25(27-28-26(31)22-13-12-18-6-1-2-8-20(18)16-22)21-9-5-10-23(17-21)34(32,33)29-15-14-19-7-3-4-11-24(19)29/h1-13,16-17H,14-15H2,(H,27,30)(H,28,31). The molecule has 4 aromatic carbocycles. The Bertz CT molecular complexity index is 1530. The Balaban J connectivity index is 1.31. The van der Waals surface area contributed by atoms with E-state index in [0.29, 0.717) is 24.2 Å². The quantitative estimate of drug-likeness (QED) is 0.444. The molecule has 1 aliphatic rings. The Morgan fingerprint density at radius 2 is 1.38 bits per heavy atom. The highest BCUT2D eigenvalue weighted by Gasteiger charge is 2.31. The van der Waals surface area contributed by atoms with Gasteiger partial charge in [0.25, 0.3) is 21.8 Å². The lowest BCUT2D eigenvalue weighted by Gasteiger charge is -2.20. The third-order valence-electron chi connectivity index (χ3n) is 5.83. The fourth-order valence-corrected chi connectivity index (χ4v) is 5.62. The SMILES string of the molecule is O=C(NNC(=O)c1ccc2ccccc2c1)c1cccc(S(=O)(=O)N2CCc3ccccc32)c1. The molecule has 0 aliphatic carbocycles. The summed E-state index contributed by atoms with van der Waals surface area (Å²) in [5.74, 6) is -1.09. The topological polar surface area (TPSA) is 95.6 Å². The van der Waals surface area contributed by atoms with Crippen molar-refractivity contribution in [2.24, 2.45) is 0 Å². The number of fused-ring (bicyclic) bond motifs is 2. The van der Waals surface area contributed by atoms with Crippen molar-refractivity contribution in [1.29, 1.82) is 0 Å². The van der Waals surface area contributed by atoms with E-state index in [0.717, 1.165) is 16.3 Å². The molecule has 0 atom stereocenters. The number of nitrogens with zero attached hydrogens (tertiary/aromatic N) is 1. The molecule has 8 heteroatoms. The van der Waals surface area contributed by atoms with Crippen molar-refractivity contribution >= 4 is 38.3 Å². The first-order chi connectivity index (χ1) is 16.4. The van der Waals surface area contributed by atoms with Crippen molar-refractivity contribution in [2.45, 2.75) is 11.3 Å². The molecule has 0 fully saturated rings. The van der Waals surface area contributed by atoms with Gasteiger partial charge in [-0.05, 0) is 59.2 Å².